The van der Waals surface area contributed by atoms with Gasteiger partial charge in [-0.2, -0.15) is 0 Å². The molecule has 3 heterocycles. The van der Waals surface area contributed by atoms with Gasteiger partial charge in [0.05, 0.1) is 5.69 Å². The zero-order valence-electron chi connectivity index (χ0n) is 11.5. The van der Waals surface area contributed by atoms with Gasteiger partial charge < -0.3 is 15.0 Å². The van der Waals surface area contributed by atoms with Crippen LogP contribution in [0.4, 0.5) is 0 Å². The Labute approximate surface area is 112 Å². The van der Waals surface area contributed by atoms with E-state index in [0.29, 0.717) is 5.92 Å². The fourth-order valence-corrected chi connectivity index (χ4v) is 2.84. The van der Waals surface area contributed by atoms with Gasteiger partial charge in [0, 0.05) is 37.3 Å². The van der Waals surface area contributed by atoms with E-state index in [1.54, 1.807) is 0 Å². The van der Waals surface area contributed by atoms with Crippen molar-refractivity contribution in [3.05, 3.63) is 23.3 Å². The second-order valence-corrected chi connectivity index (χ2v) is 5.11. The van der Waals surface area contributed by atoms with Crippen LogP contribution in [0.15, 0.2) is 6.20 Å². The smallest absolute Gasteiger partial charge is 0.141 e. The van der Waals surface area contributed by atoms with Crippen LogP contribution < -0.4 is 5.32 Å². The van der Waals surface area contributed by atoms with Crippen LogP contribution in [0.2, 0.25) is 0 Å². The van der Waals surface area contributed by atoms with E-state index in [1.165, 1.54) is 16.6 Å². The second kappa shape index (κ2) is 5.27. The maximum Gasteiger partial charge on any atom is 0.141 e. The number of rotatable bonds is 3. The molecule has 0 radical (unpaired) electrons. The van der Waals surface area contributed by atoms with Crippen molar-refractivity contribution in [3.8, 4) is 0 Å². The SMILES string of the molecule is CNCc1c[nH]c2nc(C)nc(C3CCOCC3)c12. The third-order valence-corrected chi connectivity index (χ3v) is 3.73. The third-order valence-electron chi connectivity index (χ3n) is 3.73. The first-order valence-electron chi connectivity index (χ1n) is 6.86. The molecule has 3 rings (SSSR count). The second-order valence-electron chi connectivity index (χ2n) is 5.11. The lowest BCUT2D eigenvalue weighted by molar-refractivity contribution is 0.0847. The monoisotopic (exact) mass is 260 g/mol. The largest absolute Gasteiger partial charge is 0.381 e. The molecule has 0 amide bonds. The lowest BCUT2D eigenvalue weighted by Crippen LogP contribution is -2.16. The molecular formula is C14H20N4O. The highest BCUT2D eigenvalue weighted by Gasteiger charge is 2.22. The van der Waals surface area contributed by atoms with E-state index >= 15 is 0 Å². The van der Waals surface area contributed by atoms with Crippen molar-refractivity contribution in [3.63, 3.8) is 0 Å². The van der Waals surface area contributed by atoms with Crippen molar-refractivity contribution in [2.75, 3.05) is 20.3 Å². The van der Waals surface area contributed by atoms with Gasteiger partial charge in [0.1, 0.15) is 11.5 Å². The van der Waals surface area contributed by atoms with E-state index in [0.717, 1.165) is 44.1 Å². The summed E-state index contributed by atoms with van der Waals surface area (Å²) in [4.78, 5) is 12.5. The Morgan fingerprint density at radius 2 is 2.16 bits per heavy atom. The van der Waals surface area contributed by atoms with Crippen LogP contribution in [0.3, 0.4) is 0 Å². The molecule has 0 spiro atoms. The topological polar surface area (TPSA) is 62.8 Å². The molecule has 5 nitrogen and oxygen atoms in total. The number of aromatic nitrogens is 3. The number of nitrogens with zero attached hydrogens (tertiary/aromatic N) is 2. The summed E-state index contributed by atoms with van der Waals surface area (Å²) in [6, 6.07) is 0. The van der Waals surface area contributed by atoms with Crippen molar-refractivity contribution in [1.82, 2.24) is 20.3 Å². The Morgan fingerprint density at radius 3 is 2.89 bits per heavy atom. The van der Waals surface area contributed by atoms with Gasteiger partial charge in [0.25, 0.3) is 0 Å². The highest BCUT2D eigenvalue weighted by atomic mass is 16.5. The first-order valence-corrected chi connectivity index (χ1v) is 6.86. The Hall–Kier alpha value is -1.46. The average Bonchev–Trinajstić information content (AvgIpc) is 2.82. The molecule has 102 valence electrons. The quantitative estimate of drug-likeness (QED) is 0.884. The summed E-state index contributed by atoms with van der Waals surface area (Å²) in [6.45, 7) is 4.46. The molecule has 0 atom stereocenters. The van der Waals surface area contributed by atoms with Crippen molar-refractivity contribution >= 4 is 11.0 Å². The molecular weight excluding hydrogens is 240 g/mol. The maximum atomic E-state index is 5.46. The first-order chi connectivity index (χ1) is 9.29. The van der Waals surface area contributed by atoms with Gasteiger partial charge in [-0.3, -0.25) is 0 Å². The molecule has 2 aromatic heterocycles. The van der Waals surface area contributed by atoms with E-state index in [1.807, 2.05) is 20.2 Å². The van der Waals surface area contributed by atoms with Gasteiger partial charge >= 0.3 is 0 Å². The summed E-state index contributed by atoms with van der Waals surface area (Å²) in [5.41, 5.74) is 3.40. The number of aromatic amines is 1. The lowest BCUT2D eigenvalue weighted by Gasteiger charge is -2.22. The fourth-order valence-electron chi connectivity index (χ4n) is 2.84. The number of H-pyrrole nitrogens is 1. The molecule has 5 heteroatoms. The Balaban J connectivity index is 2.11. The van der Waals surface area contributed by atoms with E-state index in [2.05, 4.69) is 15.3 Å². The zero-order chi connectivity index (χ0) is 13.2. The summed E-state index contributed by atoms with van der Waals surface area (Å²) < 4.78 is 5.46. The summed E-state index contributed by atoms with van der Waals surface area (Å²) in [6.07, 6.45) is 4.14. The molecule has 0 aliphatic carbocycles. The summed E-state index contributed by atoms with van der Waals surface area (Å²) in [5.74, 6) is 1.33. The van der Waals surface area contributed by atoms with E-state index < -0.39 is 0 Å². The van der Waals surface area contributed by atoms with Crippen molar-refractivity contribution in [2.45, 2.75) is 32.2 Å². The highest BCUT2D eigenvalue weighted by Crippen LogP contribution is 2.32. The fraction of sp³-hybridized carbons (Fsp3) is 0.571. The number of nitrogens with one attached hydrogen (secondary N) is 2. The number of ether oxygens (including phenoxy) is 1. The van der Waals surface area contributed by atoms with Crippen LogP contribution in [0.1, 0.15) is 35.8 Å². The molecule has 1 fully saturated rings. The predicted molar refractivity (Wildman–Crippen MR) is 74.2 cm³/mol. The summed E-state index contributed by atoms with van der Waals surface area (Å²) >= 11 is 0. The number of aryl methyl sites for hydroxylation is 1. The Bertz CT molecular complexity index is 572. The van der Waals surface area contributed by atoms with Gasteiger partial charge in [0.15, 0.2) is 0 Å². The van der Waals surface area contributed by atoms with Gasteiger partial charge in [-0.25, -0.2) is 9.97 Å². The molecule has 1 aliphatic heterocycles. The predicted octanol–water partition coefficient (Wildman–Crippen LogP) is 1.88. The van der Waals surface area contributed by atoms with Crippen LogP contribution >= 0.6 is 0 Å². The molecule has 1 saturated heterocycles. The van der Waals surface area contributed by atoms with Crippen molar-refractivity contribution in [1.29, 1.82) is 0 Å². The van der Waals surface area contributed by atoms with Crippen molar-refractivity contribution in [2.24, 2.45) is 0 Å². The van der Waals surface area contributed by atoms with Crippen LogP contribution in [-0.2, 0) is 11.3 Å². The van der Waals surface area contributed by atoms with E-state index in [9.17, 15) is 0 Å². The standard InChI is InChI=1S/C14H20N4O/c1-9-17-13(10-3-5-19-6-4-10)12-11(7-15-2)8-16-14(12)18-9/h8,10,15H,3-7H2,1-2H3,(H,16,17,18). The van der Waals surface area contributed by atoms with Gasteiger partial charge in [0.2, 0.25) is 0 Å². The highest BCUT2D eigenvalue weighted by molar-refractivity contribution is 5.82. The minimum Gasteiger partial charge on any atom is -0.381 e. The van der Waals surface area contributed by atoms with Crippen LogP contribution in [-0.4, -0.2) is 35.2 Å². The van der Waals surface area contributed by atoms with Crippen LogP contribution in [0, 0.1) is 6.92 Å². The minimum absolute atomic E-state index is 0.490. The molecule has 0 saturated carbocycles. The van der Waals surface area contributed by atoms with Gasteiger partial charge in [-0.15, -0.1) is 0 Å². The molecule has 2 aromatic rings. The first kappa shape index (κ1) is 12.6. The molecule has 0 unspecified atom stereocenters. The molecule has 2 N–H and O–H groups in total. The summed E-state index contributed by atoms with van der Waals surface area (Å²) in [7, 11) is 1.96. The lowest BCUT2D eigenvalue weighted by atomic mass is 9.93. The van der Waals surface area contributed by atoms with E-state index in [-0.39, 0.29) is 0 Å². The number of hydrogen-bond acceptors (Lipinski definition) is 4. The number of fused-ring (bicyclic) bond motifs is 1. The molecule has 19 heavy (non-hydrogen) atoms. The molecule has 0 bridgehead atoms. The van der Waals surface area contributed by atoms with Gasteiger partial charge in [-0.05, 0) is 32.4 Å². The Kier molecular flexibility index (Phi) is 3.48. The average molecular weight is 260 g/mol. The van der Waals surface area contributed by atoms with Crippen LogP contribution in [0.25, 0.3) is 11.0 Å². The number of hydrogen-bond donors (Lipinski definition) is 2. The summed E-state index contributed by atoms with van der Waals surface area (Å²) in [5, 5.41) is 4.41. The zero-order valence-corrected chi connectivity index (χ0v) is 11.5. The minimum atomic E-state index is 0.490. The van der Waals surface area contributed by atoms with Crippen LogP contribution in [0.5, 0.6) is 0 Å². The van der Waals surface area contributed by atoms with Gasteiger partial charge in [-0.1, -0.05) is 0 Å². The third kappa shape index (κ3) is 2.35. The van der Waals surface area contributed by atoms with E-state index in [4.69, 9.17) is 9.72 Å². The van der Waals surface area contributed by atoms with Crippen molar-refractivity contribution < 1.29 is 4.74 Å². The molecule has 1 aliphatic rings. The normalized spacial score (nSPS) is 17.2. The Morgan fingerprint density at radius 1 is 1.37 bits per heavy atom. The molecule has 0 aromatic carbocycles. The maximum absolute atomic E-state index is 5.46.